The maximum atomic E-state index is 14.2. The average Bonchev–Trinajstić information content (AvgIpc) is 1.51. The predicted molar refractivity (Wildman–Crippen MR) is 425 cm³/mol. The van der Waals surface area contributed by atoms with Gasteiger partial charge in [0.1, 0.15) is 37.3 Å². The number of hydrogen-bond donors (Lipinski definition) is 7. The molecule has 0 bridgehead atoms. The molecule has 5 aromatic carbocycles. The third-order valence-corrected chi connectivity index (χ3v) is 21.9. The third-order valence-electron chi connectivity index (χ3n) is 21.5. The Morgan fingerprint density at radius 1 is 0.418 bits per heavy atom. The lowest BCUT2D eigenvalue weighted by molar-refractivity contribution is -0.136. The van der Waals surface area contributed by atoms with Crippen LogP contribution in [-0.4, -0.2) is 193 Å². The number of fused-ring (bicyclic) bond motifs is 4. The summed E-state index contributed by atoms with van der Waals surface area (Å²) in [5.74, 6) is 2.27. The van der Waals surface area contributed by atoms with Crippen LogP contribution >= 0.6 is 23.2 Å². The van der Waals surface area contributed by atoms with Crippen molar-refractivity contribution >= 4 is 40.9 Å². The molecule has 25 heteroatoms. The number of aliphatic hydroxyl groups excluding tert-OH is 3. The first-order valence-corrected chi connectivity index (χ1v) is 39.4. The van der Waals surface area contributed by atoms with Crippen molar-refractivity contribution in [2.45, 2.75) is 134 Å². The van der Waals surface area contributed by atoms with E-state index in [4.69, 9.17) is 33.2 Å². The topological polar surface area (TPSA) is 255 Å². The van der Waals surface area contributed by atoms with E-state index in [1.54, 1.807) is 18.6 Å². The number of aromatic nitrogens is 8. The summed E-state index contributed by atoms with van der Waals surface area (Å²) in [6.07, 6.45) is 20.4. The molecule has 5 atom stereocenters. The fraction of sp³-hybridized carbons (Fsp3) is 0.388. The number of piperazine rings is 3. The predicted octanol–water partition coefficient (Wildman–Crippen LogP) is 8.37. The van der Waals surface area contributed by atoms with Gasteiger partial charge in [-0.05, 0) is 131 Å². The van der Waals surface area contributed by atoms with Crippen LogP contribution in [0.3, 0.4) is 0 Å². The molecule has 110 heavy (non-hydrogen) atoms. The number of nitrogens with one attached hydrogen (secondary N) is 4. The number of pyridine rings is 2. The van der Waals surface area contributed by atoms with Gasteiger partial charge >= 0.3 is 0 Å². The lowest BCUT2D eigenvalue weighted by Gasteiger charge is -2.40. The molecule has 3 aliphatic heterocycles. The van der Waals surface area contributed by atoms with Crippen LogP contribution in [0.15, 0.2) is 201 Å². The Hall–Kier alpha value is -9.34. The standard InChI is InChI=1S/2C33H37ClN6O2.C19H27N5O2/c2*34-27-11-12-28-26(20-27)10-9-25-8-4-13-37-31(25)32(28)39-19-14-35-29(22-39)33(42)40(21-24-6-2-1-3-7-24)17-5-16-38-18-15-36-30(38)23-41;25-15-18-22-9-12-23(18)10-4-11-24(14-16-5-2-1-3-6-16)19(26)17-13-20-7-8-21-17/h2*1-4,6-8,11-13,15,18,20,29,32,35,41H,5,9-10,14,16-17,19,21-23H2;1-3,5-6,9,12,17,20-21,25H,4,7-8,10-11,13-15H2/t29-,32+;29-,32-;17-/m111/s1. The highest BCUT2D eigenvalue weighted by Crippen LogP contribution is 2.39. The number of halogens is 2. The van der Waals surface area contributed by atoms with Gasteiger partial charge in [0.2, 0.25) is 17.7 Å². The van der Waals surface area contributed by atoms with Gasteiger partial charge in [0, 0.05) is 177 Å². The molecule has 3 amide bonds. The highest BCUT2D eigenvalue weighted by Gasteiger charge is 2.39. The van der Waals surface area contributed by atoms with Crippen LogP contribution < -0.4 is 21.3 Å². The number of aliphatic hydroxyl groups is 3. The summed E-state index contributed by atoms with van der Waals surface area (Å²) in [7, 11) is 0. The summed E-state index contributed by atoms with van der Waals surface area (Å²) in [6, 6.07) is 50.2. The smallest absolute Gasteiger partial charge is 0.241 e. The van der Waals surface area contributed by atoms with Gasteiger partial charge in [-0.3, -0.25) is 34.2 Å². The Morgan fingerprint density at radius 3 is 1.16 bits per heavy atom. The van der Waals surface area contributed by atoms with Gasteiger partial charge in [-0.15, -0.1) is 0 Å². The molecule has 5 aliphatic rings. The van der Waals surface area contributed by atoms with Gasteiger partial charge in [0.25, 0.3) is 0 Å². The SMILES string of the molecule is O=C([C@H]1CN([C@@H]2c3ccc(Cl)cc3CCc3cccnc32)CCN1)N(CCCn1ccnc1CO)Cc1ccccc1.O=C([C@H]1CN([C@H]2c3ccc(Cl)cc3CCc3cccnc32)CCN1)N(CCCn1ccnc1CO)Cc1ccccc1.O=C([C@H]1CNCCN1)N(CCCn1ccnc1CO)Cc1ccccc1. The molecule has 2 aliphatic carbocycles. The van der Waals surface area contributed by atoms with Gasteiger partial charge in [0.05, 0.1) is 41.6 Å². The van der Waals surface area contributed by atoms with Crippen molar-refractivity contribution in [3.05, 3.63) is 290 Å². The molecule has 10 aromatic rings. The zero-order valence-corrected chi connectivity index (χ0v) is 63.9. The van der Waals surface area contributed by atoms with Crippen molar-refractivity contribution in [3.8, 4) is 0 Å². The van der Waals surface area contributed by atoms with E-state index >= 15 is 0 Å². The molecular weight excluding hydrogens is 1430 g/mol. The molecule has 15 rings (SSSR count). The molecule has 0 radical (unpaired) electrons. The third kappa shape index (κ3) is 20.4. The van der Waals surface area contributed by atoms with Crippen molar-refractivity contribution < 1.29 is 29.7 Å². The first-order valence-electron chi connectivity index (χ1n) is 38.6. The van der Waals surface area contributed by atoms with Crippen LogP contribution in [-0.2, 0) is 99.2 Å². The highest BCUT2D eigenvalue weighted by molar-refractivity contribution is 6.31. The normalized spacial score (nSPS) is 18.3. The molecule has 23 nitrogen and oxygen atoms in total. The van der Waals surface area contributed by atoms with E-state index in [1.807, 2.05) is 150 Å². The largest absolute Gasteiger partial charge is 0.388 e. The van der Waals surface area contributed by atoms with E-state index in [0.29, 0.717) is 103 Å². The maximum absolute atomic E-state index is 14.2. The Kier molecular flexibility index (Phi) is 28.3. The number of carbonyl (C=O) groups is 3. The fourth-order valence-corrected chi connectivity index (χ4v) is 16.3. The summed E-state index contributed by atoms with van der Waals surface area (Å²) in [5, 5.41) is 43.6. The van der Waals surface area contributed by atoms with Gasteiger partial charge in [-0.2, -0.15) is 0 Å². The van der Waals surface area contributed by atoms with Crippen LogP contribution in [0, 0.1) is 0 Å². The van der Waals surface area contributed by atoms with E-state index < -0.39 is 0 Å². The van der Waals surface area contributed by atoms with Crippen LogP contribution in [0.1, 0.15) is 110 Å². The molecule has 8 heterocycles. The molecule has 0 saturated carbocycles. The summed E-state index contributed by atoms with van der Waals surface area (Å²) in [4.78, 5) is 74.4. The van der Waals surface area contributed by atoms with Gasteiger partial charge < -0.3 is 65.0 Å². The van der Waals surface area contributed by atoms with E-state index in [0.717, 1.165) is 116 Å². The first-order chi connectivity index (χ1) is 54.0. The number of aryl methyl sites for hydroxylation is 7. The molecule has 3 fully saturated rings. The van der Waals surface area contributed by atoms with Crippen molar-refractivity contribution in [2.24, 2.45) is 0 Å². The second-order valence-corrected chi connectivity index (χ2v) is 29.6. The van der Waals surface area contributed by atoms with Crippen LogP contribution in [0.5, 0.6) is 0 Å². The summed E-state index contributed by atoms with van der Waals surface area (Å²) >= 11 is 12.9. The van der Waals surface area contributed by atoms with Crippen molar-refractivity contribution in [3.63, 3.8) is 0 Å². The molecule has 0 spiro atoms. The highest BCUT2D eigenvalue weighted by atomic mass is 35.5. The quantitative estimate of drug-likeness (QED) is 0.0269. The first kappa shape index (κ1) is 78.8. The average molecular weight is 1530 g/mol. The van der Waals surface area contributed by atoms with Gasteiger partial charge in [-0.1, -0.05) is 138 Å². The van der Waals surface area contributed by atoms with Crippen LogP contribution in [0.25, 0.3) is 0 Å². The lowest BCUT2D eigenvalue weighted by Crippen LogP contribution is -2.58. The van der Waals surface area contributed by atoms with E-state index in [2.05, 4.69) is 107 Å². The number of imidazole rings is 3. The molecular formula is C85H101Cl2N17O6. The lowest BCUT2D eigenvalue weighted by atomic mass is 9.95. The summed E-state index contributed by atoms with van der Waals surface area (Å²) < 4.78 is 5.84. The minimum absolute atomic E-state index is 0.0333. The minimum atomic E-state index is -0.338. The molecule has 0 unspecified atom stereocenters. The zero-order valence-electron chi connectivity index (χ0n) is 62.4. The van der Waals surface area contributed by atoms with Crippen molar-refractivity contribution in [2.75, 3.05) is 78.5 Å². The Bertz CT molecular complexity index is 4350. The minimum Gasteiger partial charge on any atom is -0.388 e. The second kappa shape index (κ2) is 39.5. The van der Waals surface area contributed by atoms with Crippen molar-refractivity contribution in [1.29, 1.82) is 0 Å². The monoisotopic (exact) mass is 1530 g/mol. The van der Waals surface area contributed by atoms with E-state index in [9.17, 15) is 29.7 Å². The van der Waals surface area contributed by atoms with Crippen LogP contribution in [0.4, 0.5) is 0 Å². The number of hydrogen-bond acceptors (Lipinski definition) is 17. The molecule has 7 N–H and O–H groups in total. The summed E-state index contributed by atoms with van der Waals surface area (Å²) in [5.41, 5.74) is 12.9. The Balaban J connectivity index is 0.000000150. The Labute approximate surface area is 654 Å². The van der Waals surface area contributed by atoms with Crippen molar-refractivity contribution in [1.82, 2.24) is 84.4 Å². The van der Waals surface area contributed by atoms with Gasteiger partial charge in [-0.25, -0.2) is 15.0 Å². The zero-order chi connectivity index (χ0) is 76.0. The molecule has 5 aromatic heterocycles. The number of benzene rings is 5. The maximum Gasteiger partial charge on any atom is 0.241 e. The van der Waals surface area contributed by atoms with Gasteiger partial charge in [0.15, 0.2) is 0 Å². The summed E-state index contributed by atoms with van der Waals surface area (Å²) in [6.45, 7) is 12.0. The van der Waals surface area contributed by atoms with E-state index in [1.165, 1.54) is 33.4 Å². The van der Waals surface area contributed by atoms with E-state index in [-0.39, 0.29) is 67.8 Å². The Morgan fingerprint density at radius 2 is 0.791 bits per heavy atom. The molecule has 3 saturated heterocycles. The number of amides is 3. The number of nitrogens with zero attached hydrogens (tertiary/aromatic N) is 13. The number of rotatable bonds is 26. The molecule has 576 valence electrons. The fourth-order valence-electron chi connectivity index (χ4n) is 15.9. The second-order valence-electron chi connectivity index (χ2n) is 28.7. The van der Waals surface area contributed by atoms with Crippen LogP contribution in [0.2, 0.25) is 10.0 Å². The number of carbonyl (C=O) groups excluding carboxylic acids is 3.